The molecule has 118 valence electrons. The van der Waals surface area contributed by atoms with Gasteiger partial charge in [-0.3, -0.25) is 0 Å². The van der Waals surface area contributed by atoms with Gasteiger partial charge < -0.3 is 4.98 Å². The Morgan fingerprint density at radius 3 is 2.68 bits per heavy atom. The number of nitrogens with zero attached hydrogens (tertiary/aromatic N) is 2. The smallest absolute Gasteiger partial charge is 0.347 e. The summed E-state index contributed by atoms with van der Waals surface area (Å²) in [5.41, 5.74) is 0.209. The number of aromatic nitrogens is 2. The van der Waals surface area contributed by atoms with E-state index in [4.69, 9.17) is 0 Å². The highest BCUT2D eigenvalue weighted by atomic mass is 32.2. The zero-order valence-corrected chi connectivity index (χ0v) is 12.1. The number of nitrogens with one attached hydrogen (secondary N) is 1. The Kier molecular flexibility index (Phi) is 3.48. The molecule has 1 aliphatic rings. The van der Waals surface area contributed by atoms with Crippen LogP contribution in [0.5, 0.6) is 0 Å². The molecule has 0 unspecified atom stereocenters. The number of hydrogen-bond acceptors (Lipinski definition) is 3. The molecule has 0 saturated heterocycles. The minimum absolute atomic E-state index is 0.0101. The number of rotatable bonds is 2. The summed E-state index contributed by atoms with van der Waals surface area (Å²) in [5, 5.41) is 0. The first-order valence-corrected chi connectivity index (χ1v) is 7.91. The molecule has 0 bridgehead atoms. The predicted octanol–water partition coefficient (Wildman–Crippen LogP) is 2.18. The Balaban J connectivity index is 2.02. The van der Waals surface area contributed by atoms with E-state index in [-0.39, 0.29) is 13.1 Å². The molecule has 0 fully saturated rings. The average molecular weight is 331 g/mol. The molecule has 5 nitrogen and oxygen atoms in total. The molecule has 3 rings (SSSR count). The maximum absolute atomic E-state index is 13.0. The van der Waals surface area contributed by atoms with Gasteiger partial charge >= 0.3 is 6.18 Å². The van der Waals surface area contributed by atoms with Crippen LogP contribution in [0.15, 0.2) is 35.5 Å². The maximum atomic E-state index is 13.0. The number of fused-ring (bicyclic) bond motifs is 1. The molecule has 2 heterocycles. The summed E-state index contributed by atoms with van der Waals surface area (Å²) in [7, 11) is -4.23. The molecule has 0 amide bonds. The molecule has 2 aromatic rings. The van der Waals surface area contributed by atoms with Gasteiger partial charge in [0.25, 0.3) is 0 Å². The second-order valence-corrected chi connectivity index (χ2v) is 6.82. The van der Waals surface area contributed by atoms with Crippen molar-refractivity contribution in [1.82, 2.24) is 14.3 Å². The number of halogens is 3. The quantitative estimate of drug-likeness (QED) is 0.917. The van der Waals surface area contributed by atoms with Crippen molar-refractivity contribution in [3.8, 4) is 0 Å². The largest absolute Gasteiger partial charge is 0.417 e. The second kappa shape index (κ2) is 5.10. The van der Waals surface area contributed by atoms with Gasteiger partial charge in [0, 0.05) is 13.0 Å². The number of aromatic amines is 1. The first-order chi connectivity index (χ1) is 10.3. The van der Waals surface area contributed by atoms with Gasteiger partial charge in [-0.15, -0.1) is 0 Å². The highest BCUT2D eigenvalue weighted by molar-refractivity contribution is 7.89. The fraction of sp³-hybridized carbons (Fsp3) is 0.308. The Bertz CT molecular complexity index is 799. The van der Waals surface area contributed by atoms with Gasteiger partial charge in [0.1, 0.15) is 0 Å². The fourth-order valence-electron chi connectivity index (χ4n) is 2.46. The van der Waals surface area contributed by atoms with Gasteiger partial charge in [0.15, 0.2) is 0 Å². The van der Waals surface area contributed by atoms with E-state index in [1.165, 1.54) is 18.5 Å². The van der Waals surface area contributed by atoms with Crippen LogP contribution in [0.25, 0.3) is 0 Å². The lowest BCUT2D eigenvalue weighted by Gasteiger charge is -2.26. The maximum Gasteiger partial charge on any atom is 0.417 e. The summed E-state index contributed by atoms with van der Waals surface area (Å²) in [6, 6.07) is 4.22. The highest BCUT2D eigenvalue weighted by Gasteiger charge is 2.39. The third-order valence-corrected chi connectivity index (χ3v) is 5.45. The van der Waals surface area contributed by atoms with Crippen LogP contribution < -0.4 is 0 Å². The number of benzene rings is 1. The minimum Gasteiger partial charge on any atom is -0.347 e. The summed E-state index contributed by atoms with van der Waals surface area (Å²) < 4.78 is 65.3. The molecule has 9 heteroatoms. The number of imidazole rings is 1. The van der Waals surface area contributed by atoms with Crippen LogP contribution in [-0.2, 0) is 29.2 Å². The summed E-state index contributed by atoms with van der Waals surface area (Å²) >= 11 is 0. The summed E-state index contributed by atoms with van der Waals surface area (Å²) in [4.78, 5) is 6.15. The topological polar surface area (TPSA) is 66.1 Å². The van der Waals surface area contributed by atoms with E-state index >= 15 is 0 Å². The van der Waals surface area contributed by atoms with E-state index < -0.39 is 26.7 Å². The molecule has 22 heavy (non-hydrogen) atoms. The molecule has 0 spiro atoms. The van der Waals surface area contributed by atoms with Crippen molar-refractivity contribution in [3.63, 3.8) is 0 Å². The second-order valence-electron chi connectivity index (χ2n) is 4.91. The molecule has 0 radical (unpaired) electrons. The van der Waals surface area contributed by atoms with E-state index in [9.17, 15) is 21.6 Å². The van der Waals surface area contributed by atoms with Crippen LogP contribution >= 0.6 is 0 Å². The SMILES string of the molecule is O=S(=O)(c1ccccc1C(F)(F)F)N1CCc2nc[nH]c2C1. The minimum atomic E-state index is -4.72. The van der Waals surface area contributed by atoms with Crippen LogP contribution in [0, 0.1) is 0 Å². The highest BCUT2D eigenvalue weighted by Crippen LogP contribution is 2.35. The van der Waals surface area contributed by atoms with Crippen molar-refractivity contribution in [3.05, 3.63) is 47.5 Å². The van der Waals surface area contributed by atoms with Gasteiger partial charge in [-0.05, 0) is 12.1 Å². The van der Waals surface area contributed by atoms with Crippen LogP contribution in [0.2, 0.25) is 0 Å². The molecule has 1 aromatic carbocycles. The standard InChI is InChI=1S/C13H12F3N3O2S/c14-13(15,16)9-3-1-2-4-12(9)22(20,21)19-6-5-10-11(7-19)18-8-17-10/h1-4,8H,5-7H2,(H,17,18). The van der Waals surface area contributed by atoms with Crippen LogP contribution in [0.1, 0.15) is 17.0 Å². The van der Waals surface area contributed by atoms with Gasteiger partial charge in [0.05, 0.1) is 34.7 Å². The Morgan fingerprint density at radius 1 is 1.23 bits per heavy atom. The molecule has 0 aliphatic carbocycles. The molecule has 1 N–H and O–H groups in total. The van der Waals surface area contributed by atoms with Crippen LogP contribution in [0.4, 0.5) is 13.2 Å². The fourth-order valence-corrected chi connectivity index (χ4v) is 4.08. The molecule has 0 atom stereocenters. The zero-order valence-electron chi connectivity index (χ0n) is 11.3. The van der Waals surface area contributed by atoms with Crippen molar-refractivity contribution in [2.24, 2.45) is 0 Å². The molecular weight excluding hydrogens is 319 g/mol. The van der Waals surface area contributed by atoms with Gasteiger partial charge in [-0.25, -0.2) is 13.4 Å². The van der Waals surface area contributed by atoms with Crippen molar-refractivity contribution in [2.75, 3.05) is 6.54 Å². The Labute approximate surface area is 124 Å². The van der Waals surface area contributed by atoms with E-state index in [0.717, 1.165) is 22.1 Å². The van der Waals surface area contributed by atoms with Gasteiger partial charge in [-0.2, -0.15) is 17.5 Å². The molecule has 0 saturated carbocycles. The first-order valence-electron chi connectivity index (χ1n) is 6.47. The van der Waals surface area contributed by atoms with E-state index in [1.807, 2.05) is 0 Å². The summed E-state index contributed by atoms with van der Waals surface area (Å²) in [5.74, 6) is 0. The van der Waals surface area contributed by atoms with Crippen molar-refractivity contribution in [1.29, 1.82) is 0 Å². The number of hydrogen-bond donors (Lipinski definition) is 1. The first kappa shape index (κ1) is 15.0. The number of sulfonamides is 1. The number of H-pyrrole nitrogens is 1. The van der Waals surface area contributed by atoms with E-state index in [1.54, 1.807) is 0 Å². The lowest BCUT2D eigenvalue weighted by Crippen LogP contribution is -2.37. The van der Waals surface area contributed by atoms with E-state index in [2.05, 4.69) is 9.97 Å². The normalized spacial score (nSPS) is 16.5. The Morgan fingerprint density at radius 2 is 1.95 bits per heavy atom. The summed E-state index contributed by atoms with van der Waals surface area (Å²) in [6.45, 7) is 0.0935. The monoisotopic (exact) mass is 331 g/mol. The van der Waals surface area contributed by atoms with Crippen molar-refractivity contribution in [2.45, 2.75) is 24.0 Å². The third-order valence-electron chi connectivity index (χ3n) is 3.55. The third kappa shape index (κ3) is 2.50. The van der Waals surface area contributed by atoms with Crippen molar-refractivity contribution >= 4 is 10.0 Å². The lowest BCUT2D eigenvalue weighted by atomic mass is 10.2. The van der Waals surface area contributed by atoms with Crippen molar-refractivity contribution < 1.29 is 21.6 Å². The Hall–Kier alpha value is -1.87. The van der Waals surface area contributed by atoms with Crippen LogP contribution in [0.3, 0.4) is 0 Å². The lowest BCUT2D eigenvalue weighted by molar-refractivity contribution is -0.139. The van der Waals surface area contributed by atoms with E-state index in [0.29, 0.717) is 12.1 Å². The van der Waals surface area contributed by atoms with Gasteiger partial charge in [0.2, 0.25) is 10.0 Å². The zero-order chi connectivity index (χ0) is 16.0. The number of alkyl halides is 3. The summed E-state index contributed by atoms with van der Waals surface area (Å²) in [6.07, 6.45) is -2.91. The molecular formula is C13H12F3N3O2S. The molecule has 1 aromatic heterocycles. The predicted molar refractivity (Wildman–Crippen MR) is 71.3 cm³/mol. The van der Waals surface area contributed by atoms with Gasteiger partial charge in [-0.1, -0.05) is 12.1 Å². The van der Waals surface area contributed by atoms with Crippen LogP contribution in [-0.4, -0.2) is 29.2 Å². The molecule has 1 aliphatic heterocycles. The average Bonchev–Trinajstić information content (AvgIpc) is 2.93.